The van der Waals surface area contributed by atoms with Crippen LogP contribution in [-0.4, -0.2) is 29.9 Å². The number of pyridine rings is 1. The molecule has 1 heterocycles. The number of fused-ring (bicyclic) bond motifs is 1. The molecule has 4 nitrogen and oxygen atoms in total. The van der Waals surface area contributed by atoms with Crippen LogP contribution in [0.15, 0.2) is 35.4 Å². The lowest BCUT2D eigenvalue weighted by atomic mass is 10.1. The van der Waals surface area contributed by atoms with Crippen molar-refractivity contribution < 1.29 is 9.53 Å². The van der Waals surface area contributed by atoms with Gasteiger partial charge in [-0.1, -0.05) is 30.0 Å². The number of carbonyl (C=O) groups is 1. The number of hydrogen-bond donors (Lipinski definition) is 1. The normalized spacial score (nSPS) is 14.3. The molecule has 0 saturated heterocycles. The number of esters is 1. The minimum atomic E-state index is -0.226. The Morgan fingerprint density at radius 2 is 2.24 bits per heavy atom. The van der Waals surface area contributed by atoms with Crippen molar-refractivity contribution in [3.63, 3.8) is 0 Å². The van der Waals surface area contributed by atoms with Gasteiger partial charge < -0.3 is 10.1 Å². The maximum atomic E-state index is 11.3. The average molecular weight is 302 g/mol. The Labute approximate surface area is 128 Å². The van der Waals surface area contributed by atoms with Gasteiger partial charge in [0.1, 0.15) is 5.03 Å². The maximum Gasteiger partial charge on any atom is 0.316 e. The van der Waals surface area contributed by atoms with Crippen molar-refractivity contribution in [1.29, 1.82) is 0 Å². The third-order valence-corrected chi connectivity index (χ3v) is 4.48. The van der Waals surface area contributed by atoms with Gasteiger partial charge in [0.05, 0.1) is 18.4 Å². The van der Waals surface area contributed by atoms with E-state index in [1.54, 1.807) is 0 Å². The van der Waals surface area contributed by atoms with Crippen molar-refractivity contribution in [1.82, 2.24) is 10.3 Å². The van der Waals surface area contributed by atoms with E-state index in [2.05, 4.69) is 17.4 Å². The molecular weight excluding hydrogens is 284 g/mol. The number of benzene rings is 1. The van der Waals surface area contributed by atoms with E-state index in [0.29, 0.717) is 6.04 Å². The van der Waals surface area contributed by atoms with Crippen LogP contribution in [0.1, 0.15) is 18.4 Å². The van der Waals surface area contributed by atoms with Gasteiger partial charge in [0.25, 0.3) is 0 Å². The van der Waals surface area contributed by atoms with Crippen LogP contribution in [0.4, 0.5) is 0 Å². The number of nitrogens with one attached hydrogen (secondary N) is 1. The number of aromatic nitrogens is 1. The van der Waals surface area contributed by atoms with E-state index >= 15 is 0 Å². The van der Waals surface area contributed by atoms with Crippen LogP contribution in [0.3, 0.4) is 0 Å². The summed E-state index contributed by atoms with van der Waals surface area (Å²) in [7, 11) is 1.41. The molecule has 0 aliphatic heterocycles. The van der Waals surface area contributed by atoms with Crippen LogP contribution in [0.5, 0.6) is 0 Å². The van der Waals surface area contributed by atoms with Crippen molar-refractivity contribution >= 4 is 28.6 Å². The maximum absolute atomic E-state index is 11.3. The molecule has 1 aromatic heterocycles. The van der Waals surface area contributed by atoms with Crippen LogP contribution < -0.4 is 5.32 Å². The van der Waals surface area contributed by atoms with Gasteiger partial charge in [-0.05, 0) is 30.5 Å². The van der Waals surface area contributed by atoms with Crippen LogP contribution >= 0.6 is 11.8 Å². The molecule has 0 unspecified atom stereocenters. The topological polar surface area (TPSA) is 51.2 Å². The predicted octanol–water partition coefficient (Wildman–Crippen LogP) is 2.75. The van der Waals surface area contributed by atoms with Gasteiger partial charge in [-0.15, -0.1) is 0 Å². The predicted molar refractivity (Wildman–Crippen MR) is 84.3 cm³/mol. The Morgan fingerprint density at radius 1 is 1.43 bits per heavy atom. The highest BCUT2D eigenvalue weighted by Gasteiger charge is 2.21. The largest absolute Gasteiger partial charge is 0.468 e. The molecule has 110 valence electrons. The molecule has 0 bridgehead atoms. The number of hydrogen-bond acceptors (Lipinski definition) is 5. The van der Waals surface area contributed by atoms with Gasteiger partial charge in [-0.25, -0.2) is 4.98 Å². The first kappa shape index (κ1) is 14.4. The molecule has 3 rings (SSSR count). The fourth-order valence-corrected chi connectivity index (χ4v) is 2.97. The Hall–Kier alpha value is -1.59. The van der Waals surface area contributed by atoms with Crippen LogP contribution in [0.25, 0.3) is 10.9 Å². The number of rotatable bonds is 6. The summed E-state index contributed by atoms with van der Waals surface area (Å²) >= 11 is 1.44. The van der Waals surface area contributed by atoms with Gasteiger partial charge in [0.2, 0.25) is 0 Å². The zero-order valence-electron chi connectivity index (χ0n) is 12.0. The highest BCUT2D eigenvalue weighted by molar-refractivity contribution is 7.99. The molecule has 1 N–H and O–H groups in total. The van der Waals surface area contributed by atoms with E-state index in [-0.39, 0.29) is 11.7 Å². The number of ether oxygens (including phenoxy) is 1. The number of nitrogens with zero attached hydrogens (tertiary/aromatic N) is 1. The Morgan fingerprint density at radius 3 is 3.00 bits per heavy atom. The Bertz CT molecular complexity index is 656. The average Bonchev–Trinajstić information content (AvgIpc) is 3.34. The SMILES string of the molecule is COC(=O)CSc1nc2ccccc2cc1CNC1CC1. The van der Waals surface area contributed by atoms with Gasteiger partial charge in [0, 0.05) is 18.0 Å². The minimum Gasteiger partial charge on any atom is -0.468 e. The minimum absolute atomic E-state index is 0.226. The summed E-state index contributed by atoms with van der Waals surface area (Å²) in [4.78, 5) is 16.0. The first-order valence-electron chi connectivity index (χ1n) is 7.08. The molecule has 5 heteroatoms. The summed E-state index contributed by atoms with van der Waals surface area (Å²) in [6.07, 6.45) is 2.51. The van der Waals surface area contributed by atoms with E-state index in [4.69, 9.17) is 9.72 Å². The van der Waals surface area contributed by atoms with E-state index < -0.39 is 0 Å². The third-order valence-electron chi connectivity index (χ3n) is 3.48. The monoisotopic (exact) mass is 302 g/mol. The van der Waals surface area contributed by atoms with E-state index in [1.165, 1.54) is 31.7 Å². The lowest BCUT2D eigenvalue weighted by Crippen LogP contribution is -2.16. The summed E-state index contributed by atoms with van der Waals surface area (Å²) < 4.78 is 4.70. The fourth-order valence-electron chi connectivity index (χ4n) is 2.12. The van der Waals surface area contributed by atoms with E-state index in [0.717, 1.165) is 28.0 Å². The van der Waals surface area contributed by atoms with Gasteiger partial charge in [-0.3, -0.25) is 4.79 Å². The molecule has 1 aliphatic carbocycles. The smallest absolute Gasteiger partial charge is 0.316 e. The second-order valence-corrected chi connectivity index (χ2v) is 6.13. The summed E-state index contributed by atoms with van der Waals surface area (Å²) in [6.45, 7) is 0.798. The molecule has 21 heavy (non-hydrogen) atoms. The second kappa shape index (κ2) is 6.45. The highest BCUT2D eigenvalue weighted by Crippen LogP contribution is 2.26. The number of thioether (sulfide) groups is 1. The molecule has 1 aromatic carbocycles. The molecule has 0 amide bonds. The molecule has 2 aromatic rings. The summed E-state index contributed by atoms with van der Waals surface area (Å²) in [5.41, 5.74) is 2.11. The van der Waals surface area contributed by atoms with E-state index in [1.807, 2.05) is 18.2 Å². The lowest BCUT2D eigenvalue weighted by Gasteiger charge is -2.10. The summed E-state index contributed by atoms with van der Waals surface area (Å²) in [6, 6.07) is 10.9. The number of carbonyl (C=O) groups excluding carboxylic acids is 1. The lowest BCUT2D eigenvalue weighted by molar-refractivity contribution is -0.137. The zero-order valence-corrected chi connectivity index (χ0v) is 12.8. The molecule has 1 aliphatic rings. The first-order valence-corrected chi connectivity index (χ1v) is 8.06. The quantitative estimate of drug-likeness (QED) is 0.657. The molecule has 0 radical (unpaired) electrons. The van der Waals surface area contributed by atoms with Gasteiger partial charge in [0.15, 0.2) is 0 Å². The first-order chi connectivity index (χ1) is 10.3. The fraction of sp³-hybridized carbons (Fsp3) is 0.375. The molecule has 0 spiro atoms. The number of methoxy groups -OCH3 is 1. The second-order valence-electron chi connectivity index (χ2n) is 5.17. The van der Waals surface area contributed by atoms with Crippen LogP contribution in [-0.2, 0) is 16.1 Å². The Kier molecular flexibility index (Phi) is 4.41. The van der Waals surface area contributed by atoms with Gasteiger partial charge >= 0.3 is 5.97 Å². The number of para-hydroxylation sites is 1. The summed E-state index contributed by atoms with van der Waals surface area (Å²) in [5.74, 6) is 0.0641. The highest BCUT2D eigenvalue weighted by atomic mass is 32.2. The van der Waals surface area contributed by atoms with Crippen molar-refractivity contribution in [3.8, 4) is 0 Å². The van der Waals surface area contributed by atoms with Crippen molar-refractivity contribution in [2.75, 3.05) is 12.9 Å². The van der Waals surface area contributed by atoms with E-state index in [9.17, 15) is 4.79 Å². The van der Waals surface area contributed by atoms with Crippen molar-refractivity contribution in [3.05, 3.63) is 35.9 Å². The molecular formula is C16H18N2O2S. The summed E-state index contributed by atoms with van der Waals surface area (Å²) in [5, 5.41) is 5.55. The van der Waals surface area contributed by atoms with Crippen LogP contribution in [0.2, 0.25) is 0 Å². The molecule has 1 saturated carbocycles. The van der Waals surface area contributed by atoms with Gasteiger partial charge in [-0.2, -0.15) is 0 Å². The Balaban J connectivity index is 1.85. The van der Waals surface area contributed by atoms with Crippen molar-refractivity contribution in [2.24, 2.45) is 0 Å². The third kappa shape index (κ3) is 3.74. The molecule has 0 atom stereocenters. The van der Waals surface area contributed by atoms with Crippen molar-refractivity contribution in [2.45, 2.75) is 30.5 Å². The zero-order chi connectivity index (χ0) is 14.7. The standard InChI is InChI=1S/C16H18N2O2S/c1-20-15(19)10-21-16-12(9-17-13-6-7-13)8-11-4-2-3-5-14(11)18-16/h2-5,8,13,17H,6-7,9-10H2,1H3. The van der Waals surface area contributed by atoms with Crippen LogP contribution in [0, 0.1) is 0 Å². The molecule has 1 fully saturated rings.